The number of carbonyl (C=O) groups is 1. The molecule has 2 aliphatic carbocycles. The molecular formula is C15H25NO2. The van der Waals surface area contributed by atoms with E-state index in [0.717, 1.165) is 12.3 Å². The van der Waals surface area contributed by atoms with Crippen LogP contribution >= 0.6 is 0 Å². The van der Waals surface area contributed by atoms with Gasteiger partial charge in [-0.25, -0.2) is 0 Å². The second kappa shape index (κ2) is 4.37. The van der Waals surface area contributed by atoms with Crippen LogP contribution in [0.1, 0.15) is 47.0 Å². The maximum atomic E-state index is 12.0. The maximum Gasteiger partial charge on any atom is 0.306 e. The first-order valence-corrected chi connectivity index (χ1v) is 6.85. The number of hydrogen-bond donors (Lipinski definition) is 1. The summed E-state index contributed by atoms with van der Waals surface area (Å²) in [6, 6.07) is 0. The maximum absolute atomic E-state index is 12.0. The lowest BCUT2D eigenvalue weighted by atomic mass is 9.53. The average Bonchev–Trinajstić information content (AvgIpc) is 2.50. The van der Waals surface area contributed by atoms with Crippen LogP contribution in [0.15, 0.2) is 11.6 Å². The van der Waals surface area contributed by atoms with Crippen molar-refractivity contribution < 1.29 is 9.53 Å². The molecule has 2 aliphatic rings. The Morgan fingerprint density at radius 3 is 2.72 bits per heavy atom. The van der Waals surface area contributed by atoms with Gasteiger partial charge in [0, 0.05) is 0 Å². The van der Waals surface area contributed by atoms with E-state index in [4.69, 9.17) is 10.5 Å². The highest BCUT2D eigenvalue weighted by Crippen LogP contribution is 2.59. The first-order valence-electron chi connectivity index (χ1n) is 6.85. The molecule has 3 heteroatoms. The van der Waals surface area contributed by atoms with E-state index in [2.05, 4.69) is 13.0 Å². The standard InChI is InChI=1S/C15H25NO2/c1-10-5-11-7-15(9-16,12(11)6-10)8-13(17)18-14(2,3)4/h6,11-12H,5,7-9,16H2,1-4H3/t11-,12-,15+/m1/s1. The second-order valence-corrected chi connectivity index (χ2v) is 7.04. The lowest BCUT2D eigenvalue weighted by Crippen LogP contribution is -2.51. The van der Waals surface area contributed by atoms with Crippen LogP contribution in [0.4, 0.5) is 0 Å². The molecule has 2 rings (SSSR count). The van der Waals surface area contributed by atoms with Gasteiger partial charge in [-0.15, -0.1) is 0 Å². The summed E-state index contributed by atoms with van der Waals surface area (Å²) in [4.78, 5) is 12.0. The van der Waals surface area contributed by atoms with Gasteiger partial charge < -0.3 is 10.5 Å². The van der Waals surface area contributed by atoms with E-state index in [0.29, 0.717) is 18.9 Å². The molecule has 0 bridgehead atoms. The van der Waals surface area contributed by atoms with Crippen molar-refractivity contribution in [2.75, 3.05) is 6.54 Å². The number of nitrogens with two attached hydrogens (primary N) is 1. The van der Waals surface area contributed by atoms with Crippen LogP contribution in [-0.4, -0.2) is 18.1 Å². The molecule has 0 heterocycles. The summed E-state index contributed by atoms with van der Waals surface area (Å²) >= 11 is 0. The lowest BCUT2D eigenvalue weighted by Gasteiger charge is -2.51. The molecule has 3 atom stereocenters. The SMILES string of the molecule is CC1=C[C@@H]2[C@H](C1)C[C@@]2(CN)CC(=O)OC(C)(C)C. The molecule has 0 unspecified atom stereocenters. The number of rotatable bonds is 3. The molecule has 102 valence electrons. The Hall–Kier alpha value is -0.830. The molecule has 1 saturated carbocycles. The van der Waals surface area contributed by atoms with Crippen molar-refractivity contribution in [3.05, 3.63) is 11.6 Å². The van der Waals surface area contributed by atoms with Gasteiger partial charge in [0.1, 0.15) is 5.60 Å². The van der Waals surface area contributed by atoms with Crippen molar-refractivity contribution in [2.45, 2.75) is 52.6 Å². The van der Waals surface area contributed by atoms with Gasteiger partial charge in [0.2, 0.25) is 0 Å². The molecule has 0 aromatic rings. The molecule has 0 radical (unpaired) electrons. The Balaban J connectivity index is 2.01. The van der Waals surface area contributed by atoms with Gasteiger partial charge in [-0.2, -0.15) is 0 Å². The Bertz CT molecular complexity index is 380. The second-order valence-electron chi connectivity index (χ2n) is 7.04. The normalized spacial score (nSPS) is 34.6. The predicted molar refractivity (Wildman–Crippen MR) is 71.9 cm³/mol. The van der Waals surface area contributed by atoms with Crippen LogP contribution in [0.2, 0.25) is 0 Å². The van der Waals surface area contributed by atoms with E-state index in [1.807, 2.05) is 20.8 Å². The third-order valence-corrected chi connectivity index (χ3v) is 4.25. The average molecular weight is 251 g/mol. The molecule has 1 fully saturated rings. The number of hydrogen-bond acceptors (Lipinski definition) is 3. The zero-order valence-electron chi connectivity index (χ0n) is 12.0. The first-order chi connectivity index (χ1) is 8.26. The summed E-state index contributed by atoms with van der Waals surface area (Å²) in [5.41, 5.74) is 6.95. The van der Waals surface area contributed by atoms with E-state index in [1.54, 1.807) is 0 Å². The third-order valence-electron chi connectivity index (χ3n) is 4.25. The Labute approximate surface area is 110 Å². The van der Waals surface area contributed by atoms with Crippen LogP contribution in [0, 0.1) is 17.3 Å². The summed E-state index contributed by atoms with van der Waals surface area (Å²) in [5.74, 6) is 1.11. The fraction of sp³-hybridized carbons (Fsp3) is 0.800. The highest BCUT2D eigenvalue weighted by atomic mass is 16.6. The van der Waals surface area contributed by atoms with E-state index >= 15 is 0 Å². The molecule has 0 aromatic heterocycles. The van der Waals surface area contributed by atoms with Gasteiger partial charge in [0.05, 0.1) is 6.42 Å². The minimum atomic E-state index is -0.405. The highest BCUT2D eigenvalue weighted by Gasteiger charge is 2.54. The largest absolute Gasteiger partial charge is 0.460 e. The smallest absolute Gasteiger partial charge is 0.306 e. The van der Waals surface area contributed by atoms with Crippen molar-refractivity contribution in [3.8, 4) is 0 Å². The van der Waals surface area contributed by atoms with Gasteiger partial charge in [-0.3, -0.25) is 4.79 Å². The summed E-state index contributed by atoms with van der Waals surface area (Å²) in [7, 11) is 0. The lowest BCUT2D eigenvalue weighted by molar-refractivity contribution is -0.162. The fourth-order valence-electron chi connectivity index (χ4n) is 3.57. The van der Waals surface area contributed by atoms with Gasteiger partial charge >= 0.3 is 5.97 Å². The third kappa shape index (κ3) is 2.46. The Morgan fingerprint density at radius 1 is 1.56 bits per heavy atom. The number of fused-ring (bicyclic) bond motifs is 1. The fourth-order valence-corrected chi connectivity index (χ4v) is 3.57. The van der Waals surface area contributed by atoms with Gasteiger partial charge in [0.15, 0.2) is 0 Å². The molecule has 0 aliphatic heterocycles. The van der Waals surface area contributed by atoms with E-state index in [9.17, 15) is 4.79 Å². The minimum absolute atomic E-state index is 0.0369. The molecule has 0 amide bonds. The summed E-state index contributed by atoms with van der Waals surface area (Å²) in [6.45, 7) is 8.47. The van der Waals surface area contributed by atoms with Crippen LogP contribution in [-0.2, 0) is 9.53 Å². The van der Waals surface area contributed by atoms with Crippen molar-refractivity contribution in [1.82, 2.24) is 0 Å². The minimum Gasteiger partial charge on any atom is -0.460 e. The van der Waals surface area contributed by atoms with E-state index < -0.39 is 5.60 Å². The van der Waals surface area contributed by atoms with Crippen molar-refractivity contribution >= 4 is 5.97 Å². The van der Waals surface area contributed by atoms with Crippen LogP contribution in [0.5, 0.6) is 0 Å². The van der Waals surface area contributed by atoms with Crippen LogP contribution in [0.3, 0.4) is 0 Å². The highest BCUT2D eigenvalue weighted by molar-refractivity contribution is 5.71. The van der Waals surface area contributed by atoms with Crippen molar-refractivity contribution in [3.63, 3.8) is 0 Å². The number of carbonyl (C=O) groups excluding carboxylic acids is 1. The topological polar surface area (TPSA) is 52.3 Å². The van der Waals surface area contributed by atoms with Crippen molar-refractivity contribution in [2.24, 2.45) is 23.0 Å². The van der Waals surface area contributed by atoms with Crippen LogP contribution < -0.4 is 5.73 Å². The molecule has 2 N–H and O–H groups in total. The number of allylic oxidation sites excluding steroid dienone is 2. The number of ether oxygens (including phenoxy) is 1. The zero-order chi connectivity index (χ0) is 13.6. The van der Waals surface area contributed by atoms with E-state index in [1.165, 1.54) is 12.0 Å². The zero-order valence-corrected chi connectivity index (χ0v) is 12.0. The van der Waals surface area contributed by atoms with Crippen LogP contribution in [0.25, 0.3) is 0 Å². The van der Waals surface area contributed by atoms with Crippen molar-refractivity contribution in [1.29, 1.82) is 0 Å². The molecular weight excluding hydrogens is 226 g/mol. The Kier molecular flexibility index (Phi) is 3.30. The quantitative estimate of drug-likeness (QED) is 0.619. The molecule has 0 aromatic carbocycles. The monoisotopic (exact) mass is 251 g/mol. The van der Waals surface area contributed by atoms with E-state index in [-0.39, 0.29) is 11.4 Å². The summed E-state index contributed by atoms with van der Waals surface area (Å²) in [6.07, 6.45) is 5.04. The first kappa shape index (κ1) is 13.6. The van der Waals surface area contributed by atoms with Gasteiger partial charge in [-0.1, -0.05) is 11.6 Å². The Morgan fingerprint density at radius 2 is 2.22 bits per heavy atom. The molecule has 0 spiro atoms. The van der Waals surface area contributed by atoms with Gasteiger partial charge in [0.25, 0.3) is 0 Å². The predicted octanol–water partition coefficient (Wildman–Crippen LogP) is 2.65. The molecule has 3 nitrogen and oxygen atoms in total. The summed E-state index contributed by atoms with van der Waals surface area (Å²) < 4.78 is 5.43. The van der Waals surface area contributed by atoms with Gasteiger partial charge in [-0.05, 0) is 64.3 Å². The summed E-state index contributed by atoms with van der Waals surface area (Å²) in [5, 5.41) is 0. The number of esters is 1. The molecule has 0 saturated heterocycles. The molecule has 18 heavy (non-hydrogen) atoms.